The molecule has 1 heterocycles. The van der Waals surface area contributed by atoms with E-state index in [2.05, 4.69) is 26.1 Å². The van der Waals surface area contributed by atoms with Gasteiger partial charge in [-0.15, -0.1) is 11.3 Å². The predicted molar refractivity (Wildman–Crippen MR) is 94.6 cm³/mol. The van der Waals surface area contributed by atoms with Crippen LogP contribution >= 0.6 is 11.3 Å². The van der Waals surface area contributed by atoms with Crippen LogP contribution in [0.4, 0.5) is 0 Å². The van der Waals surface area contributed by atoms with Gasteiger partial charge in [0.2, 0.25) is 5.91 Å². The molecule has 4 nitrogen and oxygen atoms in total. The van der Waals surface area contributed by atoms with Crippen LogP contribution in [-0.2, 0) is 14.3 Å². The molecule has 1 N–H and O–H groups in total. The van der Waals surface area contributed by atoms with Crippen molar-refractivity contribution in [2.24, 2.45) is 16.7 Å². The SMILES string of the molecule is CC(=O)N[C@H](CC(=O)O[C@H]1C[C@H]2CC[C@@]1(C)C2(C)C)c1cccs1. The number of amides is 1. The maximum atomic E-state index is 12.5. The molecule has 0 aromatic carbocycles. The topological polar surface area (TPSA) is 55.4 Å². The van der Waals surface area contributed by atoms with Crippen molar-refractivity contribution in [1.29, 1.82) is 0 Å². The van der Waals surface area contributed by atoms with E-state index in [0.29, 0.717) is 5.92 Å². The normalized spacial score (nSPS) is 31.7. The first-order chi connectivity index (χ1) is 11.2. The molecule has 2 saturated carbocycles. The van der Waals surface area contributed by atoms with E-state index in [1.165, 1.54) is 13.3 Å². The molecule has 1 aromatic rings. The van der Waals surface area contributed by atoms with Crippen molar-refractivity contribution in [2.45, 2.75) is 65.5 Å². The van der Waals surface area contributed by atoms with Gasteiger partial charge in [-0.25, -0.2) is 0 Å². The Morgan fingerprint density at radius 1 is 1.42 bits per heavy atom. The number of fused-ring (bicyclic) bond motifs is 2. The van der Waals surface area contributed by atoms with E-state index in [4.69, 9.17) is 4.74 Å². The molecule has 0 spiro atoms. The van der Waals surface area contributed by atoms with E-state index in [-0.39, 0.29) is 41.3 Å². The van der Waals surface area contributed by atoms with Gasteiger partial charge in [0.25, 0.3) is 0 Å². The molecule has 0 saturated heterocycles. The van der Waals surface area contributed by atoms with Gasteiger partial charge in [0.15, 0.2) is 0 Å². The van der Waals surface area contributed by atoms with Crippen LogP contribution in [0.2, 0.25) is 0 Å². The Labute approximate surface area is 148 Å². The van der Waals surface area contributed by atoms with Crippen molar-refractivity contribution in [3.63, 3.8) is 0 Å². The van der Waals surface area contributed by atoms with E-state index in [9.17, 15) is 9.59 Å². The zero-order valence-electron chi connectivity index (χ0n) is 14.9. The summed E-state index contributed by atoms with van der Waals surface area (Å²) in [4.78, 5) is 25.0. The van der Waals surface area contributed by atoms with E-state index in [0.717, 1.165) is 17.7 Å². The molecule has 2 aliphatic rings. The first-order valence-electron chi connectivity index (χ1n) is 8.74. The van der Waals surface area contributed by atoms with Gasteiger partial charge in [-0.2, -0.15) is 0 Å². The Balaban J connectivity index is 1.66. The molecule has 0 unspecified atom stereocenters. The highest BCUT2D eigenvalue weighted by atomic mass is 32.1. The van der Waals surface area contributed by atoms with Gasteiger partial charge in [0.1, 0.15) is 6.10 Å². The molecule has 2 bridgehead atoms. The van der Waals surface area contributed by atoms with E-state index >= 15 is 0 Å². The fourth-order valence-electron chi connectivity index (χ4n) is 4.64. The van der Waals surface area contributed by atoms with Crippen LogP contribution < -0.4 is 5.32 Å². The van der Waals surface area contributed by atoms with Crippen molar-refractivity contribution in [2.75, 3.05) is 0 Å². The summed E-state index contributed by atoms with van der Waals surface area (Å²) >= 11 is 1.55. The van der Waals surface area contributed by atoms with Crippen LogP contribution in [0.25, 0.3) is 0 Å². The van der Waals surface area contributed by atoms with Crippen molar-refractivity contribution < 1.29 is 14.3 Å². The summed E-state index contributed by atoms with van der Waals surface area (Å²) < 4.78 is 5.91. The van der Waals surface area contributed by atoms with Crippen LogP contribution in [0.1, 0.15) is 64.3 Å². The Kier molecular flexibility index (Phi) is 4.49. The fourth-order valence-corrected chi connectivity index (χ4v) is 5.42. The van der Waals surface area contributed by atoms with Crippen molar-refractivity contribution in [3.05, 3.63) is 22.4 Å². The average Bonchev–Trinajstić information content (AvgIpc) is 3.12. The Bertz CT molecular complexity index is 625. The number of esters is 1. The second-order valence-corrected chi connectivity index (χ2v) is 9.04. The highest BCUT2D eigenvalue weighted by Crippen LogP contribution is 2.66. The van der Waals surface area contributed by atoms with Gasteiger partial charge >= 0.3 is 5.97 Å². The lowest BCUT2D eigenvalue weighted by atomic mass is 9.70. The summed E-state index contributed by atoms with van der Waals surface area (Å²) in [6, 6.07) is 3.58. The van der Waals surface area contributed by atoms with Crippen LogP contribution in [0.3, 0.4) is 0 Å². The minimum Gasteiger partial charge on any atom is -0.462 e. The van der Waals surface area contributed by atoms with Gasteiger partial charge in [0.05, 0.1) is 12.5 Å². The largest absolute Gasteiger partial charge is 0.462 e. The number of hydrogen-bond acceptors (Lipinski definition) is 4. The smallest absolute Gasteiger partial charge is 0.308 e. The summed E-state index contributed by atoms with van der Waals surface area (Å²) in [7, 11) is 0. The third-order valence-electron chi connectivity index (χ3n) is 6.62. The molecule has 1 aromatic heterocycles. The first kappa shape index (κ1) is 17.5. The minimum absolute atomic E-state index is 0.0000591. The monoisotopic (exact) mass is 349 g/mol. The van der Waals surface area contributed by atoms with Crippen LogP contribution in [-0.4, -0.2) is 18.0 Å². The molecule has 5 heteroatoms. The highest BCUT2D eigenvalue weighted by molar-refractivity contribution is 7.10. The van der Waals surface area contributed by atoms with E-state index in [1.54, 1.807) is 11.3 Å². The van der Waals surface area contributed by atoms with Crippen molar-refractivity contribution >= 4 is 23.2 Å². The van der Waals surface area contributed by atoms with Crippen LogP contribution in [0.5, 0.6) is 0 Å². The Hall–Kier alpha value is -1.36. The molecule has 0 radical (unpaired) electrons. The molecule has 3 rings (SSSR count). The predicted octanol–water partition coefficient (Wildman–Crippen LogP) is 4.07. The summed E-state index contributed by atoms with van der Waals surface area (Å²) in [6.07, 6.45) is 3.53. The van der Waals surface area contributed by atoms with Gasteiger partial charge in [0, 0.05) is 17.2 Å². The number of thiophene rings is 1. The second-order valence-electron chi connectivity index (χ2n) is 8.06. The Morgan fingerprint density at radius 3 is 2.67 bits per heavy atom. The summed E-state index contributed by atoms with van der Waals surface area (Å²) in [5.41, 5.74) is 0.294. The van der Waals surface area contributed by atoms with Crippen molar-refractivity contribution in [3.8, 4) is 0 Å². The van der Waals surface area contributed by atoms with Crippen LogP contribution in [0, 0.1) is 16.7 Å². The Morgan fingerprint density at radius 2 is 2.17 bits per heavy atom. The quantitative estimate of drug-likeness (QED) is 0.815. The first-order valence-corrected chi connectivity index (χ1v) is 9.62. The van der Waals surface area contributed by atoms with E-state index < -0.39 is 0 Å². The lowest BCUT2D eigenvalue weighted by molar-refractivity contribution is -0.157. The molecular formula is C19H27NO3S. The molecule has 24 heavy (non-hydrogen) atoms. The van der Waals surface area contributed by atoms with Crippen LogP contribution in [0.15, 0.2) is 17.5 Å². The second kappa shape index (κ2) is 6.17. The third kappa shape index (κ3) is 2.87. The lowest BCUT2D eigenvalue weighted by Crippen LogP contribution is -2.39. The maximum Gasteiger partial charge on any atom is 0.308 e. The average molecular weight is 349 g/mol. The van der Waals surface area contributed by atoms with E-state index in [1.807, 2.05) is 17.5 Å². The molecule has 2 fully saturated rings. The number of carbonyl (C=O) groups excluding carboxylic acids is 2. The third-order valence-corrected chi connectivity index (χ3v) is 7.61. The maximum absolute atomic E-state index is 12.5. The van der Waals surface area contributed by atoms with Gasteiger partial charge in [-0.3, -0.25) is 9.59 Å². The van der Waals surface area contributed by atoms with Gasteiger partial charge in [-0.1, -0.05) is 26.8 Å². The number of nitrogens with one attached hydrogen (secondary N) is 1. The van der Waals surface area contributed by atoms with Crippen molar-refractivity contribution in [1.82, 2.24) is 5.32 Å². The molecule has 132 valence electrons. The molecule has 1 amide bonds. The number of hydrogen-bond donors (Lipinski definition) is 1. The number of ether oxygens (including phenoxy) is 1. The zero-order chi connectivity index (χ0) is 17.5. The lowest BCUT2D eigenvalue weighted by Gasteiger charge is -2.38. The summed E-state index contributed by atoms with van der Waals surface area (Å²) in [5, 5.41) is 4.82. The summed E-state index contributed by atoms with van der Waals surface area (Å²) in [5.74, 6) is 0.301. The molecular weight excluding hydrogens is 322 g/mol. The number of rotatable bonds is 5. The minimum atomic E-state index is -0.297. The number of carbonyl (C=O) groups is 2. The molecule has 2 aliphatic carbocycles. The molecule has 4 atom stereocenters. The zero-order valence-corrected chi connectivity index (χ0v) is 15.7. The van der Waals surface area contributed by atoms with Gasteiger partial charge in [-0.05, 0) is 42.0 Å². The molecule has 0 aliphatic heterocycles. The standard InChI is InChI=1S/C19H27NO3S/c1-12(21)20-14(15-6-5-9-24-15)11-17(22)23-16-10-13-7-8-19(16,4)18(13,2)3/h5-6,9,13-14,16H,7-8,10-11H2,1-4H3,(H,20,21)/t13-,14-,16+,19-/m1/s1. The van der Waals surface area contributed by atoms with Gasteiger partial charge < -0.3 is 10.1 Å². The fraction of sp³-hybridized carbons (Fsp3) is 0.684. The summed E-state index contributed by atoms with van der Waals surface area (Å²) in [6.45, 7) is 8.36. The highest BCUT2D eigenvalue weighted by Gasteiger charge is 2.62.